The van der Waals surface area contributed by atoms with Gasteiger partial charge in [0.05, 0.1) is 0 Å². The standard InChI is InChI=1S/C20H19F2NO5/c1-2-23(11-13-6-7-16-17(10-13)27-9-8-26-16)18(24)12-28-20(25)19-14(21)4-3-5-15(19)22/h3-7,10H,2,8-9,11-12H2,1H3. The van der Waals surface area contributed by atoms with Crippen LogP contribution in [0.5, 0.6) is 11.5 Å². The molecular weight excluding hydrogens is 372 g/mol. The predicted octanol–water partition coefficient (Wildman–Crippen LogP) is 2.94. The molecule has 0 radical (unpaired) electrons. The molecule has 0 spiro atoms. The second-order valence-electron chi connectivity index (χ2n) is 6.06. The van der Waals surface area contributed by atoms with E-state index in [1.165, 1.54) is 4.90 Å². The fourth-order valence-corrected chi connectivity index (χ4v) is 2.77. The highest BCUT2D eigenvalue weighted by atomic mass is 19.1. The average Bonchev–Trinajstić information content (AvgIpc) is 2.70. The van der Waals surface area contributed by atoms with Gasteiger partial charge in [0.2, 0.25) is 0 Å². The van der Waals surface area contributed by atoms with E-state index < -0.39 is 35.7 Å². The molecule has 3 rings (SSSR count). The fraction of sp³-hybridized carbons (Fsp3) is 0.300. The van der Waals surface area contributed by atoms with Gasteiger partial charge in [0.15, 0.2) is 18.1 Å². The minimum Gasteiger partial charge on any atom is -0.486 e. The molecule has 6 nitrogen and oxygen atoms in total. The van der Waals surface area contributed by atoms with Crippen LogP contribution in [0.15, 0.2) is 36.4 Å². The van der Waals surface area contributed by atoms with E-state index in [-0.39, 0.29) is 6.54 Å². The van der Waals surface area contributed by atoms with Crippen LogP contribution >= 0.6 is 0 Å². The van der Waals surface area contributed by atoms with E-state index in [9.17, 15) is 18.4 Å². The molecule has 0 unspecified atom stereocenters. The predicted molar refractivity (Wildman–Crippen MR) is 95.2 cm³/mol. The summed E-state index contributed by atoms with van der Waals surface area (Å²) in [5.74, 6) is -2.54. The molecule has 1 amide bonds. The summed E-state index contributed by atoms with van der Waals surface area (Å²) in [7, 11) is 0. The number of fused-ring (bicyclic) bond motifs is 1. The van der Waals surface area contributed by atoms with Gasteiger partial charge in [-0.1, -0.05) is 12.1 Å². The maximum Gasteiger partial charge on any atom is 0.344 e. The number of halogens is 2. The maximum absolute atomic E-state index is 13.6. The average molecular weight is 391 g/mol. The van der Waals surface area contributed by atoms with Crippen LogP contribution in [0.1, 0.15) is 22.8 Å². The molecule has 148 valence electrons. The first-order valence-corrected chi connectivity index (χ1v) is 8.77. The van der Waals surface area contributed by atoms with Crippen LogP contribution in [0.25, 0.3) is 0 Å². The molecule has 0 N–H and O–H groups in total. The Bertz CT molecular complexity index is 867. The van der Waals surface area contributed by atoms with E-state index in [0.717, 1.165) is 23.8 Å². The molecule has 0 fully saturated rings. The smallest absolute Gasteiger partial charge is 0.344 e. The molecule has 8 heteroatoms. The topological polar surface area (TPSA) is 65.1 Å². The van der Waals surface area contributed by atoms with Crippen molar-refractivity contribution in [2.45, 2.75) is 13.5 Å². The Balaban J connectivity index is 1.61. The van der Waals surface area contributed by atoms with Crippen LogP contribution in [0.3, 0.4) is 0 Å². The molecule has 0 saturated heterocycles. The third kappa shape index (κ3) is 4.39. The molecule has 2 aromatic rings. The first kappa shape index (κ1) is 19.6. The summed E-state index contributed by atoms with van der Waals surface area (Å²) in [6.45, 7) is 2.71. The van der Waals surface area contributed by atoms with Crippen molar-refractivity contribution < 1.29 is 32.6 Å². The van der Waals surface area contributed by atoms with Crippen molar-refractivity contribution in [3.05, 3.63) is 59.2 Å². The molecule has 0 aromatic heterocycles. The van der Waals surface area contributed by atoms with Crippen molar-refractivity contribution in [3.63, 3.8) is 0 Å². The highest BCUT2D eigenvalue weighted by Crippen LogP contribution is 2.31. The van der Waals surface area contributed by atoms with E-state index >= 15 is 0 Å². The van der Waals surface area contributed by atoms with Crippen molar-refractivity contribution in [2.24, 2.45) is 0 Å². The van der Waals surface area contributed by atoms with Crippen LogP contribution in [0, 0.1) is 11.6 Å². The number of benzene rings is 2. The third-order valence-corrected chi connectivity index (χ3v) is 4.21. The van der Waals surface area contributed by atoms with Crippen molar-refractivity contribution in [1.82, 2.24) is 4.90 Å². The number of hydrogen-bond donors (Lipinski definition) is 0. The number of carbonyl (C=O) groups is 2. The van der Waals surface area contributed by atoms with Gasteiger partial charge in [0.25, 0.3) is 5.91 Å². The molecule has 0 atom stereocenters. The van der Waals surface area contributed by atoms with Gasteiger partial charge >= 0.3 is 5.97 Å². The molecule has 0 bridgehead atoms. The number of carbonyl (C=O) groups excluding carboxylic acids is 2. The second-order valence-corrected chi connectivity index (χ2v) is 6.06. The van der Waals surface area contributed by atoms with Gasteiger partial charge in [-0.3, -0.25) is 4.79 Å². The van der Waals surface area contributed by atoms with Gasteiger partial charge in [0.1, 0.15) is 30.4 Å². The van der Waals surface area contributed by atoms with Gasteiger partial charge in [-0.15, -0.1) is 0 Å². The Morgan fingerprint density at radius 1 is 1.07 bits per heavy atom. The molecular formula is C20H19F2NO5. The lowest BCUT2D eigenvalue weighted by Gasteiger charge is -2.23. The molecule has 1 aliphatic rings. The van der Waals surface area contributed by atoms with E-state index in [4.69, 9.17) is 14.2 Å². The number of ether oxygens (including phenoxy) is 3. The molecule has 0 aliphatic carbocycles. The third-order valence-electron chi connectivity index (χ3n) is 4.21. The summed E-state index contributed by atoms with van der Waals surface area (Å²) in [6, 6.07) is 8.39. The quantitative estimate of drug-likeness (QED) is 0.709. The lowest BCUT2D eigenvalue weighted by atomic mass is 10.1. The number of amides is 1. The Morgan fingerprint density at radius 2 is 1.75 bits per heavy atom. The van der Waals surface area contributed by atoms with Crippen molar-refractivity contribution in [2.75, 3.05) is 26.4 Å². The zero-order valence-corrected chi connectivity index (χ0v) is 15.2. The number of likely N-dealkylation sites (N-methyl/N-ethyl adjacent to an activating group) is 1. The summed E-state index contributed by atoms with van der Waals surface area (Å²) in [5, 5.41) is 0. The molecule has 1 aliphatic heterocycles. The first-order chi connectivity index (χ1) is 13.5. The summed E-state index contributed by atoms with van der Waals surface area (Å²) in [6.07, 6.45) is 0. The highest BCUT2D eigenvalue weighted by molar-refractivity contribution is 5.91. The molecule has 0 saturated carbocycles. The largest absolute Gasteiger partial charge is 0.486 e. The van der Waals surface area contributed by atoms with E-state index in [1.807, 2.05) is 6.07 Å². The Labute approximate surface area is 160 Å². The lowest BCUT2D eigenvalue weighted by Crippen LogP contribution is -2.34. The highest BCUT2D eigenvalue weighted by Gasteiger charge is 2.21. The van der Waals surface area contributed by atoms with Gasteiger partial charge in [-0.2, -0.15) is 0 Å². The zero-order chi connectivity index (χ0) is 20.1. The van der Waals surface area contributed by atoms with E-state index in [0.29, 0.717) is 31.3 Å². The van der Waals surface area contributed by atoms with Gasteiger partial charge in [0, 0.05) is 13.1 Å². The van der Waals surface area contributed by atoms with E-state index in [2.05, 4.69) is 0 Å². The van der Waals surface area contributed by atoms with Crippen LogP contribution in [0.4, 0.5) is 8.78 Å². The molecule has 28 heavy (non-hydrogen) atoms. The molecule has 1 heterocycles. The normalized spacial score (nSPS) is 12.4. The summed E-state index contributed by atoms with van der Waals surface area (Å²) < 4.78 is 43.0. The summed E-state index contributed by atoms with van der Waals surface area (Å²) in [5.41, 5.74) is -0.00360. The fourth-order valence-electron chi connectivity index (χ4n) is 2.77. The zero-order valence-electron chi connectivity index (χ0n) is 15.2. The van der Waals surface area contributed by atoms with Crippen LogP contribution in [-0.4, -0.2) is 43.1 Å². The number of rotatable bonds is 6. The van der Waals surface area contributed by atoms with Crippen LogP contribution in [0.2, 0.25) is 0 Å². The van der Waals surface area contributed by atoms with Crippen molar-refractivity contribution in [3.8, 4) is 11.5 Å². The summed E-state index contributed by atoms with van der Waals surface area (Å²) in [4.78, 5) is 25.8. The lowest BCUT2D eigenvalue weighted by molar-refractivity contribution is -0.135. The SMILES string of the molecule is CCN(Cc1ccc2c(c1)OCCO2)C(=O)COC(=O)c1c(F)cccc1F. The van der Waals surface area contributed by atoms with Crippen LogP contribution in [-0.2, 0) is 16.1 Å². The van der Waals surface area contributed by atoms with Crippen molar-refractivity contribution >= 4 is 11.9 Å². The molecule has 2 aromatic carbocycles. The Morgan fingerprint density at radius 3 is 2.43 bits per heavy atom. The van der Waals surface area contributed by atoms with E-state index in [1.54, 1.807) is 19.1 Å². The minimum atomic E-state index is -1.22. The van der Waals surface area contributed by atoms with Gasteiger partial charge in [-0.05, 0) is 36.8 Å². The second kappa shape index (κ2) is 8.69. The number of nitrogens with zero attached hydrogens (tertiary/aromatic N) is 1. The summed E-state index contributed by atoms with van der Waals surface area (Å²) >= 11 is 0. The Hall–Kier alpha value is -3.16. The van der Waals surface area contributed by atoms with Crippen LogP contribution < -0.4 is 9.47 Å². The Kier molecular flexibility index (Phi) is 6.08. The van der Waals surface area contributed by atoms with Gasteiger partial charge < -0.3 is 19.1 Å². The monoisotopic (exact) mass is 391 g/mol. The first-order valence-electron chi connectivity index (χ1n) is 8.77. The van der Waals surface area contributed by atoms with Gasteiger partial charge in [-0.25, -0.2) is 13.6 Å². The number of hydrogen-bond acceptors (Lipinski definition) is 5. The van der Waals surface area contributed by atoms with Crippen molar-refractivity contribution in [1.29, 1.82) is 0 Å². The minimum absolute atomic E-state index is 0.261. The number of esters is 1. The maximum atomic E-state index is 13.6.